The number of nitro groups is 1. The molecule has 0 aromatic heterocycles. The average Bonchev–Trinajstić information content (AvgIpc) is 2.42. The third-order valence-corrected chi connectivity index (χ3v) is 2.82. The fourth-order valence-corrected chi connectivity index (χ4v) is 1.76. The summed E-state index contributed by atoms with van der Waals surface area (Å²) in [6, 6.07) is 6.19. The molecule has 0 saturated carbocycles. The van der Waals surface area contributed by atoms with E-state index in [1.165, 1.54) is 12.1 Å². The van der Waals surface area contributed by atoms with Gasteiger partial charge in [0.2, 0.25) is 5.82 Å². The first-order chi connectivity index (χ1) is 9.88. The fraction of sp³-hybridized carbons (Fsp3) is 0. The predicted octanol–water partition coefficient (Wildman–Crippen LogP) is 3.78. The molecule has 1 amide bonds. The van der Waals surface area contributed by atoms with Crippen molar-refractivity contribution in [2.75, 3.05) is 5.32 Å². The van der Waals surface area contributed by atoms with Crippen LogP contribution in [-0.2, 0) is 0 Å². The van der Waals surface area contributed by atoms with Crippen molar-refractivity contribution in [3.63, 3.8) is 0 Å². The van der Waals surface area contributed by atoms with Crippen LogP contribution in [0.15, 0.2) is 36.4 Å². The Morgan fingerprint density at radius 3 is 2.48 bits per heavy atom. The van der Waals surface area contributed by atoms with E-state index in [0.29, 0.717) is 6.07 Å². The van der Waals surface area contributed by atoms with Gasteiger partial charge in [-0.05, 0) is 30.3 Å². The number of amides is 1. The van der Waals surface area contributed by atoms with Gasteiger partial charge in [-0.2, -0.15) is 4.39 Å². The largest absolute Gasteiger partial charge is 0.319 e. The minimum atomic E-state index is -1.15. The Labute approximate surface area is 122 Å². The first-order valence-corrected chi connectivity index (χ1v) is 5.96. The Balaban J connectivity index is 2.26. The summed E-state index contributed by atoms with van der Waals surface area (Å²) in [7, 11) is 0. The second-order valence-electron chi connectivity index (χ2n) is 4.00. The standard InChI is InChI=1S/C13H7ClF2N2O3/c14-8-2-3-9(15)11(6-8)17-13(19)7-1-4-12(18(20)21)10(16)5-7/h1-6H,(H,17,19). The van der Waals surface area contributed by atoms with E-state index in [0.717, 1.165) is 18.2 Å². The molecule has 0 aliphatic carbocycles. The highest BCUT2D eigenvalue weighted by molar-refractivity contribution is 6.31. The molecule has 0 aliphatic rings. The van der Waals surface area contributed by atoms with Crippen LogP contribution in [0.1, 0.15) is 10.4 Å². The molecule has 0 atom stereocenters. The summed E-state index contributed by atoms with van der Waals surface area (Å²) in [5.41, 5.74) is -1.11. The van der Waals surface area contributed by atoms with Crippen LogP contribution >= 0.6 is 11.6 Å². The SMILES string of the molecule is O=C(Nc1cc(Cl)ccc1F)c1ccc([N+](=O)[O-])c(F)c1. The smallest absolute Gasteiger partial charge is 0.304 e. The van der Waals surface area contributed by atoms with Crippen LogP contribution in [0.3, 0.4) is 0 Å². The van der Waals surface area contributed by atoms with Crippen LogP contribution < -0.4 is 5.32 Å². The predicted molar refractivity (Wildman–Crippen MR) is 72.4 cm³/mol. The molecule has 0 fully saturated rings. The minimum Gasteiger partial charge on any atom is -0.319 e. The Morgan fingerprint density at radius 2 is 1.86 bits per heavy atom. The number of halogens is 3. The first kappa shape index (κ1) is 14.9. The molecule has 1 N–H and O–H groups in total. The maximum atomic E-state index is 13.5. The number of benzene rings is 2. The van der Waals surface area contributed by atoms with Crippen LogP contribution in [0.4, 0.5) is 20.2 Å². The summed E-state index contributed by atoms with van der Waals surface area (Å²) in [4.78, 5) is 21.4. The van der Waals surface area contributed by atoms with Crippen LogP contribution in [0, 0.1) is 21.7 Å². The number of nitrogens with one attached hydrogen (secondary N) is 1. The zero-order chi connectivity index (χ0) is 15.6. The Hall–Kier alpha value is -2.54. The molecule has 0 aliphatic heterocycles. The van der Waals surface area contributed by atoms with Crippen molar-refractivity contribution < 1.29 is 18.5 Å². The van der Waals surface area contributed by atoms with Gasteiger partial charge in [0.1, 0.15) is 5.82 Å². The van der Waals surface area contributed by atoms with Gasteiger partial charge in [-0.25, -0.2) is 4.39 Å². The number of nitrogens with zero attached hydrogens (tertiary/aromatic N) is 1. The van der Waals surface area contributed by atoms with Crippen molar-refractivity contribution in [3.05, 3.63) is 68.7 Å². The molecule has 0 unspecified atom stereocenters. The van der Waals surface area contributed by atoms with Crippen LogP contribution in [0.5, 0.6) is 0 Å². The van der Waals surface area contributed by atoms with Crippen LogP contribution in [-0.4, -0.2) is 10.8 Å². The molecule has 0 spiro atoms. The van der Waals surface area contributed by atoms with Crippen molar-refractivity contribution in [2.24, 2.45) is 0 Å². The van der Waals surface area contributed by atoms with E-state index in [1.807, 2.05) is 0 Å². The van der Waals surface area contributed by atoms with E-state index in [-0.39, 0.29) is 16.3 Å². The number of anilines is 1. The summed E-state index contributed by atoms with van der Waals surface area (Å²) in [6.45, 7) is 0. The second kappa shape index (κ2) is 5.84. The van der Waals surface area contributed by atoms with Gasteiger partial charge in [0.05, 0.1) is 10.6 Å². The van der Waals surface area contributed by atoms with Crippen molar-refractivity contribution in [3.8, 4) is 0 Å². The normalized spacial score (nSPS) is 10.2. The lowest BCUT2D eigenvalue weighted by atomic mass is 10.1. The zero-order valence-electron chi connectivity index (χ0n) is 10.3. The number of hydrogen-bond donors (Lipinski definition) is 1. The quantitative estimate of drug-likeness (QED) is 0.692. The number of nitro benzene ring substituents is 1. The molecule has 2 aromatic rings. The maximum absolute atomic E-state index is 13.5. The third kappa shape index (κ3) is 3.32. The summed E-state index contributed by atoms with van der Waals surface area (Å²) < 4.78 is 26.9. The lowest BCUT2D eigenvalue weighted by Crippen LogP contribution is -2.13. The van der Waals surface area contributed by atoms with E-state index < -0.39 is 28.2 Å². The average molecular weight is 313 g/mol. The fourth-order valence-electron chi connectivity index (χ4n) is 1.58. The van der Waals surface area contributed by atoms with E-state index in [1.54, 1.807) is 0 Å². The maximum Gasteiger partial charge on any atom is 0.304 e. The van der Waals surface area contributed by atoms with Crippen molar-refractivity contribution in [1.29, 1.82) is 0 Å². The zero-order valence-corrected chi connectivity index (χ0v) is 11.0. The highest BCUT2D eigenvalue weighted by Crippen LogP contribution is 2.22. The first-order valence-electron chi connectivity index (χ1n) is 5.59. The Kier molecular flexibility index (Phi) is 4.13. The van der Waals surface area contributed by atoms with Gasteiger partial charge >= 0.3 is 5.69 Å². The van der Waals surface area contributed by atoms with Crippen molar-refractivity contribution in [1.82, 2.24) is 0 Å². The lowest BCUT2D eigenvalue weighted by molar-refractivity contribution is -0.387. The van der Waals surface area contributed by atoms with Gasteiger partial charge in [-0.15, -0.1) is 0 Å². The Bertz CT molecular complexity index is 737. The lowest BCUT2D eigenvalue weighted by Gasteiger charge is -2.07. The van der Waals surface area contributed by atoms with Crippen molar-refractivity contribution >= 4 is 28.9 Å². The topological polar surface area (TPSA) is 72.2 Å². The minimum absolute atomic E-state index is 0.175. The van der Waals surface area contributed by atoms with E-state index in [4.69, 9.17) is 11.6 Å². The Morgan fingerprint density at radius 1 is 1.14 bits per heavy atom. The number of carbonyl (C=O) groups is 1. The molecular formula is C13H7ClF2N2O3. The molecule has 0 saturated heterocycles. The molecule has 8 heteroatoms. The third-order valence-electron chi connectivity index (χ3n) is 2.58. The van der Waals surface area contributed by atoms with Gasteiger partial charge in [0.15, 0.2) is 0 Å². The highest BCUT2D eigenvalue weighted by atomic mass is 35.5. The van der Waals surface area contributed by atoms with Gasteiger partial charge < -0.3 is 5.32 Å². The molecule has 0 bridgehead atoms. The molecule has 108 valence electrons. The van der Waals surface area contributed by atoms with E-state index >= 15 is 0 Å². The monoisotopic (exact) mass is 312 g/mol. The van der Waals surface area contributed by atoms with E-state index in [9.17, 15) is 23.7 Å². The van der Waals surface area contributed by atoms with Gasteiger partial charge in [0, 0.05) is 16.7 Å². The molecule has 21 heavy (non-hydrogen) atoms. The van der Waals surface area contributed by atoms with Crippen LogP contribution in [0.25, 0.3) is 0 Å². The van der Waals surface area contributed by atoms with Crippen LogP contribution in [0.2, 0.25) is 5.02 Å². The number of rotatable bonds is 3. The summed E-state index contributed by atoms with van der Waals surface area (Å²) in [5, 5.41) is 12.9. The summed E-state index contributed by atoms with van der Waals surface area (Å²) in [5.74, 6) is -2.68. The molecule has 2 aromatic carbocycles. The highest BCUT2D eigenvalue weighted by Gasteiger charge is 2.17. The summed E-state index contributed by atoms with van der Waals surface area (Å²) in [6.07, 6.45) is 0. The van der Waals surface area contributed by atoms with Gasteiger partial charge in [0.25, 0.3) is 5.91 Å². The second-order valence-corrected chi connectivity index (χ2v) is 4.44. The van der Waals surface area contributed by atoms with E-state index in [2.05, 4.69) is 5.32 Å². The van der Waals surface area contributed by atoms with Gasteiger partial charge in [-0.1, -0.05) is 11.6 Å². The number of carbonyl (C=O) groups excluding carboxylic acids is 1. The molecule has 0 heterocycles. The van der Waals surface area contributed by atoms with Gasteiger partial charge in [-0.3, -0.25) is 14.9 Å². The molecule has 0 radical (unpaired) electrons. The number of hydrogen-bond acceptors (Lipinski definition) is 3. The molecular weight excluding hydrogens is 306 g/mol. The summed E-state index contributed by atoms with van der Waals surface area (Å²) >= 11 is 5.67. The molecule has 2 rings (SSSR count). The van der Waals surface area contributed by atoms with Crippen molar-refractivity contribution in [2.45, 2.75) is 0 Å². The molecule has 5 nitrogen and oxygen atoms in total.